The number of carboxylic acid groups (broad SMARTS) is 1. The van der Waals surface area contributed by atoms with Gasteiger partial charge in [0, 0.05) is 17.7 Å². The number of benzene rings is 2. The van der Waals surface area contributed by atoms with E-state index in [1.165, 1.54) is 0 Å². The van der Waals surface area contributed by atoms with Crippen LogP contribution < -0.4 is 5.73 Å². The van der Waals surface area contributed by atoms with E-state index in [-0.39, 0.29) is 12.3 Å². The van der Waals surface area contributed by atoms with Gasteiger partial charge in [0.2, 0.25) is 0 Å². The summed E-state index contributed by atoms with van der Waals surface area (Å²) < 4.78 is 5.32. The molecule has 0 saturated carbocycles. The van der Waals surface area contributed by atoms with Crippen LogP contribution in [0, 0.1) is 0 Å². The van der Waals surface area contributed by atoms with Gasteiger partial charge in [0.1, 0.15) is 0 Å². The summed E-state index contributed by atoms with van der Waals surface area (Å²) in [4.78, 5) is 25.9. The van der Waals surface area contributed by atoms with Crippen LogP contribution in [-0.2, 0) is 21.6 Å². The zero-order chi connectivity index (χ0) is 22.7. The molecule has 32 heavy (non-hydrogen) atoms. The van der Waals surface area contributed by atoms with Gasteiger partial charge in [-0.25, -0.2) is 0 Å². The summed E-state index contributed by atoms with van der Waals surface area (Å²) in [6.45, 7) is 5.16. The molecule has 0 aliphatic carbocycles. The fourth-order valence-corrected chi connectivity index (χ4v) is 4.20. The van der Waals surface area contributed by atoms with Crippen molar-refractivity contribution in [2.45, 2.75) is 19.0 Å². The molecule has 1 unspecified atom stereocenters. The summed E-state index contributed by atoms with van der Waals surface area (Å²) in [5.41, 5.74) is 9.55. The minimum atomic E-state index is -0.907. The monoisotopic (exact) mass is 436 g/mol. The Bertz CT molecular complexity index is 1030. The summed E-state index contributed by atoms with van der Waals surface area (Å²) in [5.74, 6) is -0.966. The van der Waals surface area contributed by atoms with E-state index in [0.717, 1.165) is 29.8 Å². The molecule has 2 aromatic rings. The van der Waals surface area contributed by atoms with Gasteiger partial charge in [-0.2, -0.15) is 5.10 Å². The van der Waals surface area contributed by atoms with Crippen molar-refractivity contribution in [3.8, 4) is 0 Å². The van der Waals surface area contributed by atoms with E-state index in [0.29, 0.717) is 37.3 Å². The summed E-state index contributed by atoms with van der Waals surface area (Å²) in [6.07, 6.45) is 2.44. The van der Waals surface area contributed by atoms with Crippen molar-refractivity contribution in [1.82, 2.24) is 9.91 Å². The molecule has 0 aromatic heterocycles. The minimum absolute atomic E-state index is 0.0591. The molecule has 168 valence electrons. The van der Waals surface area contributed by atoms with Crippen molar-refractivity contribution in [3.63, 3.8) is 0 Å². The number of hydrogen-bond acceptors (Lipinski definition) is 7. The number of ketones is 1. The molecule has 0 spiro atoms. The topological polar surface area (TPSA) is 108 Å². The van der Waals surface area contributed by atoms with E-state index < -0.39 is 11.6 Å². The van der Waals surface area contributed by atoms with Crippen LogP contribution in [0.15, 0.2) is 47.6 Å². The van der Waals surface area contributed by atoms with Gasteiger partial charge in [0.05, 0.1) is 44.7 Å². The van der Waals surface area contributed by atoms with Crippen LogP contribution >= 0.6 is 0 Å². The number of carbonyl (C=O) groups is 2. The number of hydrogen-bond donors (Lipinski definition) is 2. The van der Waals surface area contributed by atoms with Gasteiger partial charge in [0.15, 0.2) is 5.78 Å². The molecule has 2 aromatic carbocycles. The van der Waals surface area contributed by atoms with Gasteiger partial charge in [-0.3, -0.25) is 19.5 Å². The lowest BCUT2D eigenvalue weighted by atomic mass is 9.86. The second-order valence-corrected chi connectivity index (χ2v) is 8.35. The molecule has 8 heteroatoms. The van der Waals surface area contributed by atoms with Gasteiger partial charge in [0.25, 0.3) is 0 Å². The smallest absolute Gasteiger partial charge is 0.317 e. The van der Waals surface area contributed by atoms with Gasteiger partial charge in [-0.1, -0.05) is 36.4 Å². The largest absolute Gasteiger partial charge is 0.480 e. The Morgan fingerprint density at radius 3 is 2.50 bits per heavy atom. The van der Waals surface area contributed by atoms with Crippen molar-refractivity contribution < 1.29 is 19.4 Å². The fraction of sp³-hybridized carbons (Fsp3) is 0.375. The third-order valence-corrected chi connectivity index (χ3v) is 6.08. The zero-order valence-corrected chi connectivity index (χ0v) is 18.2. The van der Waals surface area contributed by atoms with E-state index in [1.54, 1.807) is 17.2 Å². The second-order valence-electron chi connectivity index (χ2n) is 8.35. The highest BCUT2D eigenvalue weighted by atomic mass is 16.5. The molecule has 0 amide bonds. The lowest BCUT2D eigenvalue weighted by molar-refractivity contribution is -0.140. The number of rotatable bonds is 6. The molecule has 8 nitrogen and oxygen atoms in total. The Kier molecular flexibility index (Phi) is 6.36. The van der Waals surface area contributed by atoms with Crippen molar-refractivity contribution >= 4 is 18.0 Å². The Morgan fingerprint density at radius 2 is 1.81 bits per heavy atom. The standard InChI is InChI=1S/C24H28N4O4/c1-24(25)21-7-6-20(14-19(21)8-9-27(24)16-22(29)30)23(31)18-4-2-17(3-5-18)15-26-28-10-12-32-13-11-28/h2-7,14-15H,8-13,16,25H2,1H3,(H,29,30). The summed E-state index contributed by atoms with van der Waals surface area (Å²) in [7, 11) is 0. The van der Waals surface area contributed by atoms with Gasteiger partial charge < -0.3 is 15.6 Å². The van der Waals surface area contributed by atoms with Gasteiger partial charge >= 0.3 is 5.97 Å². The average Bonchev–Trinajstić information content (AvgIpc) is 2.80. The molecule has 0 bridgehead atoms. The lowest BCUT2D eigenvalue weighted by Gasteiger charge is -2.42. The predicted molar refractivity (Wildman–Crippen MR) is 121 cm³/mol. The number of aliphatic carboxylic acids is 1. The molecule has 1 atom stereocenters. The third kappa shape index (κ3) is 4.72. The van der Waals surface area contributed by atoms with E-state index in [9.17, 15) is 9.59 Å². The minimum Gasteiger partial charge on any atom is -0.480 e. The number of ether oxygens (including phenoxy) is 1. The first-order valence-corrected chi connectivity index (χ1v) is 10.7. The Labute approximate surface area is 187 Å². The number of carboxylic acids is 1. The van der Waals surface area contributed by atoms with E-state index >= 15 is 0 Å². The maximum absolute atomic E-state index is 13.0. The van der Waals surface area contributed by atoms with E-state index in [1.807, 2.05) is 48.3 Å². The predicted octanol–water partition coefficient (Wildman–Crippen LogP) is 1.66. The SMILES string of the molecule is CC1(N)c2ccc(C(=O)c3ccc(C=NN4CCOCC4)cc3)cc2CCN1CC(=O)O. The number of hydrazone groups is 1. The van der Waals surface area contributed by atoms with Crippen molar-refractivity contribution in [1.29, 1.82) is 0 Å². The highest BCUT2D eigenvalue weighted by Crippen LogP contribution is 2.32. The van der Waals surface area contributed by atoms with Crippen LogP contribution in [0.3, 0.4) is 0 Å². The number of fused-ring (bicyclic) bond motifs is 1. The molecular weight excluding hydrogens is 408 g/mol. The summed E-state index contributed by atoms with van der Waals surface area (Å²) in [5, 5.41) is 15.6. The highest BCUT2D eigenvalue weighted by molar-refractivity contribution is 6.09. The number of nitrogens with two attached hydrogens (primary N) is 1. The average molecular weight is 437 g/mol. The highest BCUT2D eigenvalue weighted by Gasteiger charge is 2.36. The molecular formula is C24H28N4O4. The second kappa shape index (κ2) is 9.20. The Balaban J connectivity index is 1.48. The van der Waals surface area contributed by atoms with Crippen LogP contribution in [0.1, 0.15) is 39.5 Å². The maximum atomic E-state index is 13.0. The van der Waals surface area contributed by atoms with E-state index in [2.05, 4.69) is 5.10 Å². The number of nitrogens with zero attached hydrogens (tertiary/aromatic N) is 3. The lowest BCUT2D eigenvalue weighted by Crippen LogP contribution is -2.56. The Morgan fingerprint density at radius 1 is 1.12 bits per heavy atom. The first-order valence-electron chi connectivity index (χ1n) is 10.7. The number of morpholine rings is 1. The van der Waals surface area contributed by atoms with Gasteiger partial charge in [-0.05, 0) is 36.1 Å². The molecule has 4 rings (SSSR count). The normalized spacial score (nSPS) is 21.5. The first-order chi connectivity index (χ1) is 15.3. The zero-order valence-electron chi connectivity index (χ0n) is 18.2. The first kappa shape index (κ1) is 22.1. The quantitative estimate of drug-likeness (QED) is 0.524. The molecule has 1 saturated heterocycles. The van der Waals surface area contributed by atoms with Gasteiger partial charge in [-0.15, -0.1) is 0 Å². The molecule has 2 heterocycles. The molecule has 3 N–H and O–H groups in total. The molecule has 1 fully saturated rings. The summed E-state index contributed by atoms with van der Waals surface area (Å²) in [6, 6.07) is 12.9. The third-order valence-electron chi connectivity index (χ3n) is 6.08. The van der Waals surface area contributed by atoms with Crippen molar-refractivity contribution in [2.24, 2.45) is 10.8 Å². The van der Waals surface area contributed by atoms with Crippen LogP contribution in [0.2, 0.25) is 0 Å². The van der Waals surface area contributed by atoms with Crippen LogP contribution in [-0.4, -0.2) is 72.4 Å². The van der Waals surface area contributed by atoms with E-state index in [4.69, 9.17) is 15.6 Å². The maximum Gasteiger partial charge on any atom is 0.317 e. The Hall–Kier alpha value is -3.07. The molecule has 2 aliphatic heterocycles. The van der Waals surface area contributed by atoms with Crippen LogP contribution in [0.25, 0.3) is 0 Å². The van der Waals surface area contributed by atoms with Crippen molar-refractivity contribution in [3.05, 3.63) is 70.3 Å². The molecule has 0 radical (unpaired) electrons. The number of carbonyl (C=O) groups excluding carboxylic acids is 1. The van der Waals surface area contributed by atoms with Crippen LogP contribution in [0.5, 0.6) is 0 Å². The molecule has 2 aliphatic rings. The summed E-state index contributed by atoms with van der Waals surface area (Å²) >= 11 is 0. The van der Waals surface area contributed by atoms with Crippen LogP contribution in [0.4, 0.5) is 0 Å². The fourth-order valence-electron chi connectivity index (χ4n) is 4.20. The van der Waals surface area contributed by atoms with Crippen molar-refractivity contribution in [2.75, 3.05) is 39.4 Å².